The van der Waals surface area contributed by atoms with Crippen LogP contribution in [0, 0.1) is 11.6 Å². The van der Waals surface area contributed by atoms with Crippen LogP contribution in [0.4, 0.5) is 20.2 Å². The van der Waals surface area contributed by atoms with Gasteiger partial charge in [0.05, 0.1) is 16.8 Å². The van der Waals surface area contributed by atoms with Gasteiger partial charge in [-0.25, -0.2) is 8.78 Å². The summed E-state index contributed by atoms with van der Waals surface area (Å²) in [6, 6.07) is 25.6. The number of rotatable bonds is 2. The zero-order chi connectivity index (χ0) is 20.2. The smallest absolute Gasteiger partial charge is 0.146 e. The van der Waals surface area contributed by atoms with Crippen LogP contribution in [0.15, 0.2) is 84.9 Å². The van der Waals surface area contributed by atoms with Gasteiger partial charge in [-0.2, -0.15) is 0 Å². The van der Waals surface area contributed by atoms with Crippen LogP contribution in [0.25, 0.3) is 11.1 Å². The Morgan fingerprint density at radius 1 is 0.548 bits per heavy atom. The Balaban J connectivity index is 0.00000136. The summed E-state index contributed by atoms with van der Waals surface area (Å²) in [6.45, 7) is 0. The number of fused-ring (bicyclic) bond motifs is 3. The fourth-order valence-electron chi connectivity index (χ4n) is 4.54. The molecule has 4 aromatic rings. The molecule has 4 aromatic carbocycles. The highest BCUT2D eigenvalue weighted by Gasteiger charge is 2.46. The predicted molar refractivity (Wildman–Crippen MR) is 123 cm³/mol. The maximum atomic E-state index is 14.6. The average molecular weight is 418 g/mol. The third kappa shape index (κ3) is 2.96. The van der Waals surface area contributed by atoms with Gasteiger partial charge in [0.15, 0.2) is 0 Å². The standard InChI is InChI=1S/C25H18F2N2.2H3N/c26-21-13-15(9-11-23(21)28)25(16-10-12-24(29)22(27)14-16)19-7-3-1-5-17(19)18-6-2-4-8-20(18)25;;/h1-14H,28-29H2;2*1H3. The number of hydrogen-bond donors (Lipinski definition) is 4. The van der Waals surface area contributed by atoms with Crippen LogP contribution >= 0.6 is 0 Å². The minimum Gasteiger partial charge on any atom is -0.396 e. The van der Waals surface area contributed by atoms with Gasteiger partial charge in [0.25, 0.3) is 0 Å². The first-order valence-electron chi connectivity index (χ1n) is 9.34. The first kappa shape index (κ1) is 22.0. The van der Waals surface area contributed by atoms with Gasteiger partial charge < -0.3 is 23.8 Å². The minimum atomic E-state index is -0.879. The first-order valence-corrected chi connectivity index (χ1v) is 9.34. The fourth-order valence-corrected chi connectivity index (χ4v) is 4.54. The van der Waals surface area contributed by atoms with Gasteiger partial charge >= 0.3 is 0 Å². The molecule has 0 atom stereocenters. The van der Waals surface area contributed by atoms with E-state index in [4.69, 9.17) is 11.5 Å². The molecule has 31 heavy (non-hydrogen) atoms. The molecule has 0 bridgehead atoms. The van der Waals surface area contributed by atoms with Crippen molar-refractivity contribution in [3.05, 3.63) is 119 Å². The van der Waals surface area contributed by atoms with Crippen LogP contribution in [0.2, 0.25) is 0 Å². The van der Waals surface area contributed by atoms with Crippen molar-refractivity contribution in [2.24, 2.45) is 0 Å². The lowest BCUT2D eigenvalue weighted by Crippen LogP contribution is -2.29. The minimum absolute atomic E-state index is 0. The summed E-state index contributed by atoms with van der Waals surface area (Å²) in [5.41, 5.74) is 16.2. The normalized spacial score (nSPS) is 12.8. The van der Waals surface area contributed by atoms with Crippen molar-refractivity contribution in [1.29, 1.82) is 0 Å². The number of nitrogen functional groups attached to an aromatic ring is 2. The van der Waals surface area contributed by atoms with Crippen molar-refractivity contribution >= 4 is 11.4 Å². The quantitative estimate of drug-likeness (QED) is 0.270. The molecule has 0 aliphatic heterocycles. The number of nitrogens with two attached hydrogens (primary N) is 2. The highest BCUT2D eigenvalue weighted by atomic mass is 19.1. The Morgan fingerprint density at radius 2 is 0.935 bits per heavy atom. The summed E-state index contributed by atoms with van der Waals surface area (Å²) < 4.78 is 29.2. The van der Waals surface area contributed by atoms with Crippen LogP contribution in [0.1, 0.15) is 22.3 Å². The molecule has 0 saturated heterocycles. The first-order chi connectivity index (χ1) is 14.0. The molecule has 0 amide bonds. The summed E-state index contributed by atoms with van der Waals surface area (Å²) in [5.74, 6) is -1.00. The monoisotopic (exact) mass is 418 g/mol. The number of hydrogen-bond acceptors (Lipinski definition) is 4. The predicted octanol–water partition coefficient (Wildman–Crippen LogP) is 5.82. The Bertz CT molecular complexity index is 1170. The van der Waals surface area contributed by atoms with E-state index in [1.54, 1.807) is 12.1 Å². The Hall–Kier alpha value is -3.74. The Labute approximate surface area is 179 Å². The summed E-state index contributed by atoms with van der Waals surface area (Å²) in [7, 11) is 0. The lowest BCUT2D eigenvalue weighted by atomic mass is 9.67. The molecule has 4 nitrogen and oxygen atoms in total. The largest absolute Gasteiger partial charge is 0.396 e. The Kier molecular flexibility index (Phi) is 5.55. The number of benzene rings is 4. The molecule has 0 spiro atoms. The van der Waals surface area contributed by atoms with Crippen LogP contribution in [0.3, 0.4) is 0 Å². The van der Waals surface area contributed by atoms with Crippen molar-refractivity contribution in [2.75, 3.05) is 11.5 Å². The molecule has 0 saturated carbocycles. The second-order valence-electron chi connectivity index (χ2n) is 7.31. The summed E-state index contributed by atoms with van der Waals surface area (Å²) >= 11 is 0. The van der Waals surface area contributed by atoms with E-state index in [0.717, 1.165) is 22.3 Å². The van der Waals surface area contributed by atoms with Crippen molar-refractivity contribution in [2.45, 2.75) is 5.41 Å². The molecule has 6 heteroatoms. The van der Waals surface area contributed by atoms with Gasteiger partial charge in [-0.05, 0) is 57.6 Å². The number of anilines is 2. The second-order valence-corrected chi connectivity index (χ2v) is 7.31. The zero-order valence-corrected chi connectivity index (χ0v) is 16.9. The maximum absolute atomic E-state index is 14.6. The molecule has 0 fully saturated rings. The Morgan fingerprint density at radius 3 is 1.32 bits per heavy atom. The molecule has 5 rings (SSSR count). The van der Waals surface area contributed by atoms with E-state index in [0.29, 0.717) is 11.1 Å². The van der Waals surface area contributed by atoms with E-state index in [2.05, 4.69) is 0 Å². The van der Waals surface area contributed by atoms with Gasteiger partial charge in [0.1, 0.15) is 11.6 Å². The summed E-state index contributed by atoms with van der Waals surface area (Å²) in [6.07, 6.45) is 0. The SMILES string of the molecule is N.N.Nc1ccc(C2(c3ccc(N)c(F)c3)c3ccccc3-c3ccccc32)cc1F. The number of halogens is 2. The molecule has 0 unspecified atom stereocenters. The van der Waals surface area contributed by atoms with E-state index >= 15 is 0 Å². The van der Waals surface area contributed by atoms with E-state index in [1.165, 1.54) is 12.1 Å². The van der Waals surface area contributed by atoms with Gasteiger partial charge in [-0.15, -0.1) is 0 Å². The van der Waals surface area contributed by atoms with Crippen molar-refractivity contribution < 1.29 is 8.78 Å². The van der Waals surface area contributed by atoms with E-state index in [1.807, 2.05) is 60.7 Å². The van der Waals surface area contributed by atoms with Crippen molar-refractivity contribution in [3.8, 4) is 11.1 Å². The molecule has 0 heterocycles. The maximum Gasteiger partial charge on any atom is 0.146 e. The van der Waals surface area contributed by atoms with Crippen LogP contribution in [-0.4, -0.2) is 0 Å². The highest BCUT2D eigenvalue weighted by Crippen LogP contribution is 2.56. The lowest BCUT2D eigenvalue weighted by Gasteiger charge is -2.34. The third-order valence-electron chi connectivity index (χ3n) is 5.82. The van der Waals surface area contributed by atoms with Gasteiger partial charge in [0.2, 0.25) is 0 Å². The average Bonchev–Trinajstić information content (AvgIpc) is 3.04. The topological polar surface area (TPSA) is 122 Å². The zero-order valence-electron chi connectivity index (χ0n) is 16.9. The van der Waals surface area contributed by atoms with Gasteiger partial charge in [-0.1, -0.05) is 60.7 Å². The molecule has 0 aromatic heterocycles. The highest BCUT2D eigenvalue weighted by molar-refractivity contribution is 5.86. The van der Waals surface area contributed by atoms with Crippen LogP contribution < -0.4 is 23.8 Å². The molecule has 1 aliphatic rings. The van der Waals surface area contributed by atoms with Crippen LogP contribution in [0.5, 0.6) is 0 Å². The van der Waals surface area contributed by atoms with Gasteiger partial charge in [0, 0.05) is 0 Å². The third-order valence-corrected chi connectivity index (χ3v) is 5.82. The van der Waals surface area contributed by atoms with E-state index in [-0.39, 0.29) is 23.7 Å². The second kappa shape index (κ2) is 7.83. The molecule has 158 valence electrons. The summed E-state index contributed by atoms with van der Waals surface area (Å²) in [5, 5.41) is 0. The van der Waals surface area contributed by atoms with Crippen molar-refractivity contribution in [3.63, 3.8) is 0 Å². The van der Waals surface area contributed by atoms with Crippen LogP contribution in [-0.2, 0) is 5.41 Å². The van der Waals surface area contributed by atoms with Crippen molar-refractivity contribution in [1.82, 2.24) is 12.3 Å². The summed E-state index contributed by atoms with van der Waals surface area (Å²) in [4.78, 5) is 0. The molecular weight excluding hydrogens is 394 g/mol. The lowest BCUT2D eigenvalue weighted by molar-refractivity contribution is 0.618. The van der Waals surface area contributed by atoms with E-state index < -0.39 is 17.0 Å². The molecule has 0 radical (unpaired) electrons. The molecule has 10 N–H and O–H groups in total. The van der Waals surface area contributed by atoms with E-state index in [9.17, 15) is 8.78 Å². The van der Waals surface area contributed by atoms with Gasteiger partial charge in [-0.3, -0.25) is 0 Å². The fraction of sp³-hybridized carbons (Fsp3) is 0.0400. The molecular formula is C25H24F2N4. The molecule has 1 aliphatic carbocycles.